The van der Waals surface area contributed by atoms with Crippen molar-refractivity contribution in [3.63, 3.8) is 0 Å². The predicted molar refractivity (Wildman–Crippen MR) is 126 cm³/mol. The Bertz CT molecular complexity index is 782. The first-order valence-electron chi connectivity index (χ1n) is 9.72. The highest BCUT2D eigenvalue weighted by molar-refractivity contribution is 5.92. The largest absolute Gasteiger partial charge is 0.354 e. The Labute approximate surface area is 190 Å². The molecular weight excluding hydrogens is 425 g/mol. The van der Waals surface area contributed by atoms with Crippen LogP contribution in [0.1, 0.15) is 19.8 Å². The minimum Gasteiger partial charge on any atom is -0.354 e. The molecule has 9 heteroatoms. The van der Waals surface area contributed by atoms with E-state index in [1.54, 1.807) is 24.3 Å². The van der Waals surface area contributed by atoms with E-state index in [1.807, 2.05) is 31.3 Å². The van der Waals surface area contributed by atoms with Crippen molar-refractivity contribution in [1.82, 2.24) is 9.88 Å². The molecule has 0 aliphatic carbocycles. The zero-order chi connectivity index (χ0) is 19.8. The molecule has 0 bridgehead atoms. The summed E-state index contributed by atoms with van der Waals surface area (Å²) in [5.41, 5.74) is 1.47. The number of carbonyl (C=O) groups is 2. The molecule has 1 aromatic carbocycles. The van der Waals surface area contributed by atoms with Crippen molar-refractivity contribution in [2.24, 2.45) is 0 Å². The van der Waals surface area contributed by atoms with Gasteiger partial charge in [0.25, 0.3) is 0 Å². The van der Waals surface area contributed by atoms with Gasteiger partial charge in [-0.25, -0.2) is 4.98 Å². The lowest BCUT2D eigenvalue weighted by Gasteiger charge is -2.35. The smallest absolute Gasteiger partial charge is 0.225 e. The quantitative estimate of drug-likeness (QED) is 0.671. The number of nitrogens with one attached hydrogen (secondary N) is 2. The minimum absolute atomic E-state index is 0. The van der Waals surface area contributed by atoms with Gasteiger partial charge in [0.1, 0.15) is 5.82 Å². The van der Waals surface area contributed by atoms with Crippen LogP contribution in [0.2, 0.25) is 0 Å². The molecular formula is C21H29Cl2N5O2. The lowest BCUT2D eigenvalue weighted by atomic mass is 10.2. The number of hydrogen-bond acceptors (Lipinski definition) is 5. The third-order valence-electron chi connectivity index (χ3n) is 4.77. The van der Waals surface area contributed by atoms with Crippen molar-refractivity contribution in [2.45, 2.75) is 19.8 Å². The molecule has 1 aromatic heterocycles. The third kappa shape index (κ3) is 7.82. The van der Waals surface area contributed by atoms with E-state index in [0.717, 1.165) is 49.9 Å². The van der Waals surface area contributed by atoms with Crippen LogP contribution in [0.4, 0.5) is 17.2 Å². The number of pyridine rings is 1. The van der Waals surface area contributed by atoms with Crippen LogP contribution >= 0.6 is 24.8 Å². The Kier molecular flexibility index (Phi) is 11.2. The van der Waals surface area contributed by atoms with Crippen molar-refractivity contribution < 1.29 is 9.59 Å². The first kappa shape index (κ1) is 25.7. The van der Waals surface area contributed by atoms with Crippen LogP contribution < -0.4 is 15.5 Å². The Hall–Kier alpha value is -2.35. The second-order valence-corrected chi connectivity index (χ2v) is 6.79. The summed E-state index contributed by atoms with van der Waals surface area (Å²) in [5.74, 6) is 0.982. The van der Waals surface area contributed by atoms with Crippen molar-refractivity contribution in [2.75, 3.05) is 48.3 Å². The van der Waals surface area contributed by atoms with E-state index in [0.29, 0.717) is 12.8 Å². The molecule has 2 aromatic rings. The molecule has 2 heterocycles. The van der Waals surface area contributed by atoms with Gasteiger partial charge in [-0.15, -0.1) is 24.8 Å². The maximum Gasteiger partial charge on any atom is 0.225 e. The van der Waals surface area contributed by atoms with Gasteiger partial charge in [0, 0.05) is 63.1 Å². The lowest BCUT2D eigenvalue weighted by molar-refractivity contribution is -0.117. The van der Waals surface area contributed by atoms with Crippen molar-refractivity contribution in [3.8, 4) is 0 Å². The summed E-state index contributed by atoms with van der Waals surface area (Å²) >= 11 is 0. The molecule has 1 aliphatic heterocycles. The van der Waals surface area contributed by atoms with Crippen LogP contribution in [0.25, 0.3) is 0 Å². The molecule has 3 rings (SSSR count). The van der Waals surface area contributed by atoms with Crippen LogP contribution in [-0.4, -0.2) is 54.4 Å². The minimum atomic E-state index is -0.0278. The summed E-state index contributed by atoms with van der Waals surface area (Å²) < 4.78 is 0. The molecule has 1 aliphatic rings. The SMILES string of the molecule is CCC(=O)Nc1ccc(NC(=O)CCN2CCN(c3ccccn3)CC2)cc1.Cl.Cl. The highest BCUT2D eigenvalue weighted by Crippen LogP contribution is 2.15. The molecule has 164 valence electrons. The number of nitrogens with zero attached hydrogens (tertiary/aromatic N) is 3. The number of amides is 2. The van der Waals surface area contributed by atoms with E-state index >= 15 is 0 Å². The van der Waals surface area contributed by atoms with E-state index in [-0.39, 0.29) is 36.6 Å². The van der Waals surface area contributed by atoms with E-state index in [2.05, 4.69) is 25.4 Å². The number of halogens is 2. The molecule has 0 saturated carbocycles. The molecule has 2 amide bonds. The van der Waals surface area contributed by atoms with Crippen molar-refractivity contribution in [3.05, 3.63) is 48.7 Å². The fourth-order valence-corrected chi connectivity index (χ4v) is 3.11. The number of benzene rings is 1. The molecule has 0 radical (unpaired) electrons. The van der Waals surface area contributed by atoms with Gasteiger partial charge >= 0.3 is 0 Å². The van der Waals surface area contributed by atoms with E-state index in [4.69, 9.17) is 0 Å². The molecule has 0 spiro atoms. The molecule has 0 atom stereocenters. The summed E-state index contributed by atoms with van der Waals surface area (Å²) in [4.78, 5) is 32.6. The molecule has 1 fully saturated rings. The summed E-state index contributed by atoms with van der Waals surface area (Å²) in [6.45, 7) is 6.24. The monoisotopic (exact) mass is 453 g/mol. The summed E-state index contributed by atoms with van der Waals surface area (Å²) in [6.07, 6.45) is 2.71. The summed E-state index contributed by atoms with van der Waals surface area (Å²) in [7, 11) is 0. The van der Waals surface area contributed by atoms with Gasteiger partial charge in [0.05, 0.1) is 0 Å². The summed E-state index contributed by atoms with van der Waals surface area (Å²) in [6, 6.07) is 13.1. The van der Waals surface area contributed by atoms with E-state index in [1.165, 1.54) is 0 Å². The zero-order valence-electron chi connectivity index (χ0n) is 17.0. The highest BCUT2D eigenvalue weighted by Gasteiger charge is 2.18. The Morgan fingerprint density at radius 3 is 2.03 bits per heavy atom. The van der Waals surface area contributed by atoms with Gasteiger partial charge in [0.15, 0.2) is 0 Å². The summed E-state index contributed by atoms with van der Waals surface area (Å²) in [5, 5.41) is 5.70. The molecule has 2 N–H and O–H groups in total. The second kappa shape index (κ2) is 13.1. The lowest BCUT2D eigenvalue weighted by Crippen LogP contribution is -2.47. The maximum atomic E-state index is 12.2. The van der Waals surface area contributed by atoms with Crippen LogP contribution in [0.5, 0.6) is 0 Å². The predicted octanol–water partition coefficient (Wildman–Crippen LogP) is 3.42. The normalized spacial score (nSPS) is 13.6. The Morgan fingerprint density at radius 1 is 0.900 bits per heavy atom. The number of carbonyl (C=O) groups excluding carboxylic acids is 2. The van der Waals surface area contributed by atoms with E-state index in [9.17, 15) is 9.59 Å². The van der Waals surface area contributed by atoms with Gasteiger partial charge in [-0.05, 0) is 36.4 Å². The number of rotatable bonds is 7. The van der Waals surface area contributed by atoms with Crippen LogP contribution in [-0.2, 0) is 9.59 Å². The average molecular weight is 454 g/mol. The van der Waals surface area contributed by atoms with E-state index < -0.39 is 0 Å². The topological polar surface area (TPSA) is 77.6 Å². The fraction of sp³-hybridized carbons (Fsp3) is 0.381. The molecule has 0 unspecified atom stereocenters. The van der Waals surface area contributed by atoms with Crippen LogP contribution in [0, 0.1) is 0 Å². The third-order valence-corrected chi connectivity index (χ3v) is 4.77. The number of anilines is 3. The average Bonchev–Trinajstić information content (AvgIpc) is 2.74. The number of aromatic nitrogens is 1. The van der Waals surface area contributed by atoms with Crippen molar-refractivity contribution in [1.29, 1.82) is 0 Å². The van der Waals surface area contributed by atoms with Crippen molar-refractivity contribution >= 4 is 53.8 Å². The van der Waals surface area contributed by atoms with Crippen LogP contribution in [0.3, 0.4) is 0 Å². The highest BCUT2D eigenvalue weighted by atomic mass is 35.5. The van der Waals surface area contributed by atoms with Gasteiger partial charge in [-0.2, -0.15) is 0 Å². The second-order valence-electron chi connectivity index (χ2n) is 6.79. The van der Waals surface area contributed by atoms with Gasteiger partial charge < -0.3 is 15.5 Å². The Balaban J connectivity index is 0.00000225. The molecule has 7 nitrogen and oxygen atoms in total. The molecule has 30 heavy (non-hydrogen) atoms. The molecule has 1 saturated heterocycles. The van der Waals surface area contributed by atoms with Gasteiger partial charge in [-0.1, -0.05) is 13.0 Å². The first-order valence-corrected chi connectivity index (χ1v) is 9.72. The first-order chi connectivity index (χ1) is 13.6. The fourth-order valence-electron chi connectivity index (χ4n) is 3.11. The van der Waals surface area contributed by atoms with Gasteiger partial charge in [0.2, 0.25) is 11.8 Å². The number of piperazine rings is 1. The zero-order valence-corrected chi connectivity index (χ0v) is 18.7. The number of hydrogen-bond donors (Lipinski definition) is 2. The van der Waals surface area contributed by atoms with Crippen LogP contribution in [0.15, 0.2) is 48.7 Å². The standard InChI is InChI=1S/C21H27N5O2.2ClH/c1-2-20(27)23-17-6-8-18(9-7-17)24-21(28)10-12-25-13-15-26(16-14-25)19-5-3-4-11-22-19;;/h3-9,11H,2,10,12-16H2,1H3,(H,23,27)(H,24,28);2*1H. The Morgan fingerprint density at radius 2 is 1.50 bits per heavy atom. The van der Waals surface area contributed by atoms with Gasteiger partial charge in [-0.3, -0.25) is 14.5 Å². The maximum absolute atomic E-state index is 12.2.